The Hall–Kier alpha value is -0.160. The molecular weight excluding hydrogens is 228 g/mol. The van der Waals surface area contributed by atoms with Crippen LogP contribution in [0.4, 0.5) is 0 Å². The van der Waals surface area contributed by atoms with Crippen LogP contribution in [-0.4, -0.2) is 63.5 Å². The maximum absolute atomic E-state index is 5.50. The second-order valence-electron chi connectivity index (χ2n) is 5.62. The lowest BCUT2D eigenvalue weighted by Crippen LogP contribution is -2.42. The fraction of sp³-hybridized carbons (Fsp3) is 1.00. The van der Waals surface area contributed by atoms with Gasteiger partial charge in [0.05, 0.1) is 12.2 Å². The minimum Gasteiger partial charge on any atom is -0.377 e. The molecule has 4 nitrogen and oxygen atoms in total. The molecule has 1 heterocycles. The fourth-order valence-electron chi connectivity index (χ4n) is 2.59. The quantitative estimate of drug-likeness (QED) is 0.713. The molecule has 1 fully saturated rings. The van der Waals surface area contributed by atoms with Gasteiger partial charge in [0.1, 0.15) is 0 Å². The second-order valence-corrected chi connectivity index (χ2v) is 5.62. The Morgan fingerprint density at radius 3 is 2.06 bits per heavy atom. The smallest absolute Gasteiger partial charge is 0.0971 e. The van der Waals surface area contributed by atoms with Gasteiger partial charge >= 0.3 is 0 Å². The van der Waals surface area contributed by atoms with Crippen LogP contribution in [0.25, 0.3) is 0 Å². The molecule has 1 aliphatic rings. The van der Waals surface area contributed by atoms with E-state index in [2.05, 4.69) is 31.0 Å². The summed E-state index contributed by atoms with van der Waals surface area (Å²) in [7, 11) is 3.55. The lowest BCUT2D eigenvalue weighted by atomic mass is 10.1. The minimum atomic E-state index is 0.217. The van der Waals surface area contributed by atoms with E-state index in [-0.39, 0.29) is 12.2 Å². The van der Waals surface area contributed by atoms with Gasteiger partial charge in [0.25, 0.3) is 0 Å². The maximum atomic E-state index is 5.50. The molecule has 0 aromatic heterocycles. The lowest BCUT2D eigenvalue weighted by Gasteiger charge is -2.27. The molecule has 0 aliphatic carbocycles. The molecule has 3 unspecified atom stereocenters. The van der Waals surface area contributed by atoms with E-state index < -0.39 is 0 Å². The van der Waals surface area contributed by atoms with Crippen LogP contribution in [0.1, 0.15) is 27.2 Å². The third-order valence-electron chi connectivity index (χ3n) is 3.77. The zero-order chi connectivity index (χ0) is 13.5. The molecule has 108 valence electrons. The van der Waals surface area contributed by atoms with Crippen molar-refractivity contribution in [2.75, 3.05) is 40.4 Å². The molecule has 0 aromatic carbocycles. The average Bonchev–Trinajstić information content (AvgIpc) is 2.77. The van der Waals surface area contributed by atoms with Gasteiger partial charge in [-0.2, -0.15) is 0 Å². The second kappa shape index (κ2) is 8.10. The summed E-state index contributed by atoms with van der Waals surface area (Å²) in [5.41, 5.74) is 0. The Kier molecular flexibility index (Phi) is 7.15. The zero-order valence-corrected chi connectivity index (χ0v) is 12.6. The Labute approximate surface area is 112 Å². The molecule has 1 saturated heterocycles. The molecule has 0 amide bonds. The summed E-state index contributed by atoms with van der Waals surface area (Å²) >= 11 is 0. The van der Waals surface area contributed by atoms with E-state index in [1.165, 1.54) is 0 Å². The average molecular weight is 258 g/mol. The molecule has 18 heavy (non-hydrogen) atoms. The van der Waals surface area contributed by atoms with Crippen molar-refractivity contribution in [1.82, 2.24) is 10.2 Å². The highest BCUT2D eigenvalue weighted by atomic mass is 16.5. The summed E-state index contributed by atoms with van der Waals surface area (Å²) in [6.07, 6.45) is 1.60. The van der Waals surface area contributed by atoms with Gasteiger partial charge in [-0.15, -0.1) is 0 Å². The first-order valence-electron chi connectivity index (χ1n) is 7.12. The standard InChI is InChI=1S/C14H30N2O2/c1-6-12(8-15-7-11(2)3)16-9-13(17-4)14(10-16)18-5/h11-15H,6-10H2,1-5H3. The first kappa shape index (κ1) is 15.9. The SMILES string of the molecule is CCC(CNCC(C)C)N1CC(OC)C(OC)C1. The Balaban J connectivity index is 2.41. The molecule has 0 radical (unpaired) electrons. The van der Waals surface area contributed by atoms with Gasteiger partial charge in [0, 0.05) is 39.9 Å². The number of nitrogens with zero attached hydrogens (tertiary/aromatic N) is 1. The molecule has 4 heteroatoms. The van der Waals surface area contributed by atoms with Crippen LogP contribution in [0.2, 0.25) is 0 Å². The van der Waals surface area contributed by atoms with Crippen LogP contribution in [0, 0.1) is 5.92 Å². The number of likely N-dealkylation sites (tertiary alicyclic amines) is 1. The number of hydrogen-bond donors (Lipinski definition) is 1. The van der Waals surface area contributed by atoms with Crippen molar-refractivity contribution in [3.8, 4) is 0 Å². The van der Waals surface area contributed by atoms with E-state index in [0.29, 0.717) is 12.0 Å². The molecule has 0 spiro atoms. The normalized spacial score (nSPS) is 27.0. The molecule has 0 bridgehead atoms. The third-order valence-corrected chi connectivity index (χ3v) is 3.77. The summed E-state index contributed by atoms with van der Waals surface area (Å²) in [5.74, 6) is 0.708. The topological polar surface area (TPSA) is 33.7 Å². The van der Waals surface area contributed by atoms with Crippen LogP contribution < -0.4 is 5.32 Å². The Morgan fingerprint density at radius 1 is 1.11 bits per heavy atom. The molecule has 1 aliphatic heterocycles. The molecule has 3 atom stereocenters. The monoisotopic (exact) mass is 258 g/mol. The van der Waals surface area contributed by atoms with Crippen molar-refractivity contribution in [2.45, 2.75) is 45.4 Å². The first-order valence-corrected chi connectivity index (χ1v) is 7.12. The highest BCUT2D eigenvalue weighted by Crippen LogP contribution is 2.19. The fourth-order valence-corrected chi connectivity index (χ4v) is 2.59. The summed E-state index contributed by atoms with van der Waals surface area (Å²) < 4.78 is 11.0. The highest BCUT2D eigenvalue weighted by Gasteiger charge is 2.35. The van der Waals surface area contributed by atoms with Crippen LogP contribution >= 0.6 is 0 Å². The molecule has 0 aromatic rings. The number of rotatable bonds is 8. The van der Waals surface area contributed by atoms with Gasteiger partial charge in [-0.3, -0.25) is 4.90 Å². The van der Waals surface area contributed by atoms with Crippen molar-refractivity contribution in [1.29, 1.82) is 0 Å². The van der Waals surface area contributed by atoms with Crippen molar-refractivity contribution < 1.29 is 9.47 Å². The van der Waals surface area contributed by atoms with Crippen molar-refractivity contribution in [2.24, 2.45) is 5.92 Å². The summed E-state index contributed by atoms with van der Waals surface area (Å²) in [6, 6.07) is 0.585. The highest BCUT2D eigenvalue weighted by molar-refractivity contribution is 4.89. The first-order chi connectivity index (χ1) is 8.62. The van der Waals surface area contributed by atoms with Gasteiger partial charge in [-0.05, 0) is 18.9 Å². The molecule has 0 saturated carbocycles. The molecule has 1 N–H and O–H groups in total. The lowest BCUT2D eigenvalue weighted by molar-refractivity contribution is -0.00461. The zero-order valence-electron chi connectivity index (χ0n) is 12.6. The van der Waals surface area contributed by atoms with Crippen LogP contribution in [0.3, 0.4) is 0 Å². The van der Waals surface area contributed by atoms with Crippen LogP contribution in [0.5, 0.6) is 0 Å². The van der Waals surface area contributed by atoms with Crippen LogP contribution in [0.15, 0.2) is 0 Å². The van der Waals surface area contributed by atoms with Gasteiger partial charge < -0.3 is 14.8 Å². The van der Waals surface area contributed by atoms with Crippen LogP contribution in [-0.2, 0) is 9.47 Å². The minimum absolute atomic E-state index is 0.217. The summed E-state index contributed by atoms with van der Waals surface area (Å²) in [6.45, 7) is 10.8. The third kappa shape index (κ3) is 4.50. The summed E-state index contributed by atoms with van der Waals surface area (Å²) in [4.78, 5) is 2.50. The van der Waals surface area contributed by atoms with E-state index in [1.807, 2.05) is 0 Å². The van der Waals surface area contributed by atoms with Crippen molar-refractivity contribution >= 4 is 0 Å². The predicted octanol–water partition coefficient (Wildman–Crippen LogP) is 1.36. The molecular formula is C14H30N2O2. The van der Waals surface area contributed by atoms with Gasteiger partial charge in [-0.1, -0.05) is 20.8 Å². The van der Waals surface area contributed by atoms with E-state index in [9.17, 15) is 0 Å². The predicted molar refractivity (Wildman–Crippen MR) is 75.0 cm³/mol. The van der Waals surface area contributed by atoms with E-state index in [4.69, 9.17) is 9.47 Å². The Morgan fingerprint density at radius 2 is 1.67 bits per heavy atom. The maximum Gasteiger partial charge on any atom is 0.0971 e. The van der Waals surface area contributed by atoms with Gasteiger partial charge in [-0.25, -0.2) is 0 Å². The number of hydrogen-bond acceptors (Lipinski definition) is 4. The Bertz CT molecular complexity index is 212. The number of ether oxygens (including phenoxy) is 2. The number of methoxy groups -OCH3 is 2. The van der Waals surface area contributed by atoms with Gasteiger partial charge in [0.15, 0.2) is 0 Å². The van der Waals surface area contributed by atoms with E-state index in [0.717, 1.165) is 32.6 Å². The van der Waals surface area contributed by atoms with E-state index >= 15 is 0 Å². The van der Waals surface area contributed by atoms with E-state index in [1.54, 1.807) is 14.2 Å². The number of nitrogens with one attached hydrogen (secondary N) is 1. The van der Waals surface area contributed by atoms with Crippen molar-refractivity contribution in [3.05, 3.63) is 0 Å². The van der Waals surface area contributed by atoms with Crippen molar-refractivity contribution in [3.63, 3.8) is 0 Å². The largest absolute Gasteiger partial charge is 0.377 e. The summed E-state index contributed by atoms with van der Waals surface area (Å²) in [5, 5.41) is 3.56. The van der Waals surface area contributed by atoms with Gasteiger partial charge in [0.2, 0.25) is 0 Å². The molecule has 1 rings (SSSR count).